The Balaban J connectivity index is 1.07. The van der Waals surface area contributed by atoms with Gasteiger partial charge in [0.2, 0.25) is 11.8 Å². The lowest BCUT2D eigenvalue weighted by Crippen LogP contribution is -2.42. The summed E-state index contributed by atoms with van der Waals surface area (Å²) >= 11 is 8.92. The Morgan fingerprint density at radius 1 is 0.938 bits per heavy atom. The van der Waals surface area contributed by atoms with Crippen molar-refractivity contribution in [2.24, 2.45) is 29.6 Å². The van der Waals surface area contributed by atoms with Crippen LogP contribution in [0.4, 0.5) is 11.4 Å². The molecule has 3 fully saturated rings. The quantitative estimate of drug-likeness (QED) is 0.221. The van der Waals surface area contributed by atoms with Gasteiger partial charge in [-0.05, 0) is 90.4 Å². The van der Waals surface area contributed by atoms with E-state index in [1.54, 1.807) is 80.6 Å². The van der Waals surface area contributed by atoms with Gasteiger partial charge in [0, 0.05) is 26.8 Å². The van der Waals surface area contributed by atoms with Crippen molar-refractivity contribution in [3.05, 3.63) is 91.9 Å². The zero-order chi connectivity index (χ0) is 33.3. The molecule has 1 saturated heterocycles. The van der Waals surface area contributed by atoms with Crippen LogP contribution in [0, 0.1) is 29.6 Å². The first kappa shape index (κ1) is 31.0. The molecule has 1 aromatic heterocycles. The van der Waals surface area contributed by atoms with E-state index >= 15 is 0 Å². The number of fused-ring (bicyclic) bond motifs is 9. The van der Waals surface area contributed by atoms with Crippen molar-refractivity contribution in [2.75, 3.05) is 31.0 Å². The predicted molar refractivity (Wildman–Crippen MR) is 183 cm³/mol. The van der Waals surface area contributed by atoms with E-state index in [1.807, 2.05) is 12.1 Å². The summed E-state index contributed by atoms with van der Waals surface area (Å²) in [5.41, 5.74) is 2.07. The second-order valence-corrected chi connectivity index (χ2v) is 15.1. The van der Waals surface area contributed by atoms with Crippen LogP contribution in [0.2, 0.25) is 5.02 Å². The molecule has 10 nitrogen and oxygen atoms in total. The molecule has 2 N–H and O–H groups in total. The lowest BCUT2D eigenvalue weighted by Gasteiger charge is -2.43. The normalized spacial score (nSPS) is 26.6. The number of aromatic amines is 1. The van der Waals surface area contributed by atoms with Gasteiger partial charge in [-0.25, -0.2) is 0 Å². The van der Waals surface area contributed by atoms with Crippen molar-refractivity contribution in [1.29, 1.82) is 0 Å². The number of amides is 3. The van der Waals surface area contributed by atoms with E-state index in [-0.39, 0.29) is 58.1 Å². The fourth-order valence-corrected chi connectivity index (χ4v) is 11.3. The lowest BCUT2D eigenvalue weighted by molar-refractivity contribution is -0.123. The number of nitrogens with one attached hydrogen (secondary N) is 2. The van der Waals surface area contributed by atoms with Crippen LogP contribution in [-0.2, 0) is 14.4 Å². The van der Waals surface area contributed by atoms with E-state index in [9.17, 15) is 19.2 Å². The fraction of sp³-hybridized carbons (Fsp3) is 0.314. The van der Waals surface area contributed by atoms with Crippen molar-refractivity contribution in [2.45, 2.75) is 22.6 Å². The summed E-state index contributed by atoms with van der Waals surface area (Å²) < 4.78 is 16.8. The van der Waals surface area contributed by atoms with Crippen LogP contribution in [-0.4, -0.2) is 48.8 Å². The number of hydrogen-bond acceptors (Lipinski definition) is 9. The summed E-state index contributed by atoms with van der Waals surface area (Å²) in [6, 6.07) is 19.4. The van der Waals surface area contributed by atoms with E-state index in [0.29, 0.717) is 33.6 Å². The molecule has 8 rings (SSSR count). The molecule has 4 unspecified atom stereocenters. The number of halogens is 1. The van der Waals surface area contributed by atoms with Gasteiger partial charge in [0.25, 0.3) is 5.91 Å². The van der Waals surface area contributed by atoms with Gasteiger partial charge in [-0.3, -0.25) is 24.1 Å². The number of carbonyl (C=O) groups is 3. The average molecular weight is 704 g/mol. The van der Waals surface area contributed by atoms with Crippen LogP contribution < -0.4 is 29.3 Å². The van der Waals surface area contributed by atoms with E-state index in [2.05, 4.69) is 10.3 Å². The lowest BCUT2D eigenvalue weighted by atomic mass is 9.68. The number of thioether (sulfide) groups is 1. The first-order chi connectivity index (χ1) is 23.2. The molecule has 3 amide bonds. The first-order valence-corrected chi connectivity index (χ1v) is 17.6. The minimum Gasteiger partial charge on any atom is -0.497 e. The highest BCUT2D eigenvalue weighted by Gasteiger charge is 2.69. The zero-order valence-electron chi connectivity index (χ0n) is 25.8. The van der Waals surface area contributed by atoms with Crippen LogP contribution >= 0.6 is 34.7 Å². The van der Waals surface area contributed by atoms with E-state index in [4.69, 9.17) is 25.8 Å². The predicted octanol–water partition coefficient (Wildman–Crippen LogP) is 5.80. The van der Waals surface area contributed by atoms with Crippen molar-refractivity contribution >= 4 is 63.8 Å². The molecular formula is C35H30ClN3O7S2. The van der Waals surface area contributed by atoms with Gasteiger partial charge in [-0.15, -0.1) is 11.8 Å². The van der Waals surface area contributed by atoms with Gasteiger partial charge in [-0.1, -0.05) is 29.0 Å². The number of thiazole rings is 1. The summed E-state index contributed by atoms with van der Waals surface area (Å²) in [5, 5.41) is 4.20. The summed E-state index contributed by atoms with van der Waals surface area (Å²) in [6.07, 6.45) is 0.779. The second-order valence-electron chi connectivity index (χ2n) is 12.4. The van der Waals surface area contributed by atoms with Crippen molar-refractivity contribution in [1.82, 2.24) is 4.98 Å². The number of carbonyl (C=O) groups excluding carboxylic acids is 3. The second kappa shape index (κ2) is 12.0. The SMILES string of the molecule is COc1ccc(NC(=O)COc2ccc([C@H]3c4sc(=O)[nH]c4SC4C3[C@H]3C[C@@H]4C4C(=O)N(c5ccc(Cl)cc5)C(=O)C43)cc2OC)cc1. The van der Waals surface area contributed by atoms with Gasteiger partial charge in [0.05, 0.1) is 36.8 Å². The molecule has 13 heteroatoms. The number of nitrogens with zero attached hydrogens (tertiary/aromatic N) is 1. The minimum absolute atomic E-state index is 0.00322. The largest absolute Gasteiger partial charge is 0.497 e. The number of anilines is 2. The summed E-state index contributed by atoms with van der Waals surface area (Å²) in [5.74, 6) is -0.143. The smallest absolute Gasteiger partial charge is 0.305 e. The molecule has 2 bridgehead atoms. The van der Waals surface area contributed by atoms with Crippen LogP contribution in [0.25, 0.3) is 0 Å². The van der Waals surface area contributed by atoms with Crippen LogP contribution in [0.5, 0.6) is 17.2 Å². The van der Waals surface area contributed by atoms with Crippen molar-refractivity contribution < 1.29 is 28.6 Å². The topological polar surface area (TPSA) is 127 Å². The highest BCUT2D eigenvalue weighted by atomic mass is 35.5. The van der Waals surface area contributed by atoms with Gasteiger partial charge in [0.15, 0.2) is 18.1 Å². The zero-order valence-corrected chi connectivity index (χ0v) is 28.2. The van der Waals surface area contributed by atoms with Crippen LogP contribution in [0.1, 0.15) is 22.8 Å². The number of benzene rings is 3. The third-order valence-electron chi connectivity index (χ3n) is 10.1. The third-order valence-corrected chi connectivity index (χ3v) is 12.9. The Morgan fingerprint density at radius 3 is 2.38 bits per heavy atom. The van der Waals surface area contributed by atoms with Crippen molar-refractivity contribution in [3.63, 3.8) is 0 Å². The molecule has 4 aliphatic rings. The Morgan fingerprint density at radius 2 is 1.67 bits per heavy atom. The Labute approximate surface area is 288 Å². The number of H-pyrrole nitrogens is 1. The number of hydrogen-bond donors (Lipinski definition) is 2. The number of rotatable bonds is 8. The molecule has 4 aromatic rings. The van der Waals surface area contributed by atoms with E-state index < -0.39 is 11.8 Å². The molecule has 3 heterocycles. The van der Waals surface area contributed by atoms with Gasteiger partial charge in [-0.2, -0.15) is 0 Å². The standard InChI is InChI=1S/C35H30ClN3O7S2/c1-44-20-10-6-18(7-11-20)37-25(40)15-46-23-12-3-16(13-24(23)45-2)26-27-21-14-22(30(27)47-32-31(26)48-35(43)38-32)29-28(21)33(41)39(34(29)42)19-8-4-17(36)5-9-19/h3-13,21-22,26-30H,14-15H2,1-2H3,(H,37,40)(H,38,43)/t21-,22-,26-,27?,28?,29?,30?/m1/s1. The minimum atomic E-state index is -0.423. The number of imide groups is 1. The Hall–Kier alpha value is -4.26. The molecule has 0 spiro atoms. The summed E-state index contributed by atoms with van der Waals surface area (Å²) in [4.78, 5) is 58.3. The fourth-order valence-electron chi connectivity index (χ4n) is 8.25. The van der Waals surface area contributed by atoms with Crippen molar-refractivity contribution in [3.8, 4) is 17.2 Å². The molecule has 2 aliphatic heterocycles. The summed E-state index contributed by atoms with van der Waals surface area (Å²) in [7, 11) is 3.12. The maximum absolute atomic E-state index is 14.0. The number of methoxy groups -OCH3 is 2. The van der Waals surface area contributed by atoms with Gasteiger partial charge in [0.1, 0.15) is 5.75 Å². The molecule has 2 saturated carbocycles. The number of ether oxygens (including phenoxy) is 3. The Bertz CT molecular complexity index is 2000. The van der Waals surface area contributed by atoms with Crippen LogP contribution in [0.3, 0.4) is 0 Å². The molecule has 0 radical (unpaired) electrons. The number of aromatic nitrogens is 1. The molecule has 246 valence electrons. The Kier molecular flexibility index (Phi) is 7.77. The van der Waals surface area contributed by atoms with Crippen LogP contribution in [0.15, 0.2) is 76.6 Å². The van der Waals surface area contributed by atoms with Gasteiger partial charge >= 0.3 is 4.87 Å². The summed E-state index contributed by atoms with van der Waals surface area (Å²) in [6.45, 7) is -0.233. The maximum atomic E-state index is 14.0. The third kappa shape index (κ3) is 5.00. The van der Waals surface area contributed by atoms with E-state index in [1.165, 1.54) is 16.2 Å². The molecule has 48 heavy (non-hydrogen) atoms. The maximum Gasteiger partial charge on any atom is 0.305 e. The molecule has 7 atom stereocenters. The van der Waals surface area contributed by atoms with Gasteiger partial charge < -0.3 is 24.5 Å². The average Bonchev–Trinajstić information content (AvgIpc) is 3.83. The van der Waals surface area contributed by atoms with E-state index in [0.717, 1.165) is 21.9 Å². The monoisotopic (exact) mass is 703 g/mol. The highest BCUT2D eigenvalue weighted by molar-refractivity contribution is 8.00. The highest BCUT2D eigenvalue weighted by Crippen LogP contribution is 2.68. The molecule has 2 aliphatic carbocycles. The molecular weight excluding hydrogens is 674 g/mol. The first-order valence-electron chi connectivity index (χ1n) is 15.5. The molecule has 3 aromatic carbocycles.